The number of rotatable bonds is 2. The minimum Gasteiger partial charge on any atom is -0.491 e. The van der Waals surface area contributed by atoms with Crippen LogP contribution >= 0.6 is 12.4 Å². The van der Waals surface area contributed by atoms with Crippen LogP contribution in [0.25, 0.3) is 0 Å². The first-order valence-corrected chi connectivity index (χ1v) is 4.75. The van der Waals surface area contributed by atoms with E-state index in [0.717, 1.165) is 18.8 Å². The van der Waals surface area contributed by atoms with E-state index in [2.05, 4.69) is 17.4 Å². The summed E-state index contributed by atoms with van der Waals surface area (Å²) in [6.07, 6.45) is 0.257. The Bertz CT molecular complexity index is 312. The highest BCUT2D eigenvalue weighted by Gasteiger charge is 2.10. The Labute approximate surface area is 91.1 Å². The van der Waals surface area contributed by atoms with Crippen molar-refractivity contribution in [3.63, 3.8) is 0 Å². The van der Waals surface area contributed by atoms with Crippen LogP contribution in [0.3, 0.4) is 0 Å². The fraction of sp³-hybridized carbons (Fsp3) is 0.455. The smallest absolute Gasteiger partial charge is 0.120 e. The highest BCUT2D eigenvalue weighted by Crippen LogP contribution is 2.22. The Morgan fingerprint density at radius 3 is 2.64 bits per heavy atom. The number of ether oxygens (including phenoxy) is 1. The van der Waals surface area contributed by atoms with Crippen LogP contribution in [0.2, 0.25) is 0 Å². The summed E-state index contributed by atoms with van der Waals surface area (Å²) >= 11 is 0. The molecule has 1 aromatic carbocycles. The minimum atomic E-state index is 0. The standard InChI is InChI=1S/C11H15NO.ClH/c1-8(2)13-11-4-3-9-6-12-7-10(9)5-11;/h3-5,8,12H,6-7H2,1-2H3;1H. The highest BCUT2D eigenvalue weighted by atomic mass is 35.5. The molecular formula is C11H16ClNO. The van der Waals surface area contributed by atoms with E-state index >= 15 is 0 Å². The summed E-state index contributed by atoms with van der Waals surface area (Å²) in [5.41, 5.74) is 2.77. The summed E-state index contributed by atoms with van der Waals surface area (Å²) < 4.78 is 5.61. The molecule has 0 unspecified atom stereocenters. The molecule has 0 radical (unpaired) electrons. The molecular weight excluding hydrogens is 198 g/mol. The zero-order valence-electron chi connectivity index (χ0n) is 8.54. The molecule has 78 valence electrons. The van der Waals surface area contributed by atoms with E-state index in [0.29, 0.717) is 0 Å². The van der Waals surface area contributed by atoms with Gasteiger partial charge in [-0.2, -0.15) is 0 Å². The second kappa shape index (κ2) is 4.67. The van der Waals surface area contributed by atoms with Gasteiger partial charge < -0.3 is 10.1 Å². The lowest BCUT2D eigenvalue weighted by Gasteiger charge is -2.10. The lowest BCUT2D eigenvalue weighted by molar-refractivity contribution is 0.242. The fourth-order valence-corrected chi connectivity index (χ4v) is 1.62. The maximum absolute atomic E-state index is 5.61. The molecule has 0 fully saturated rings. The van der Waals surface area contributed by atoms with Crippen LogP contribution in [0.4, 0.5) is 0 Å². The van der Waals surface area contributed by atoms with Crippen molar-refractivity contribution in [2.45, 2.75) is 33.0 Å². The van der Waals surface area contributed by atoms with Crippen molar-refractivity contribution in [1.29, 1.82) is 0 Å². The molecule has 2 nitrogen and oxygen atoms in total. The van der Waals surface area contributed by atoms with E-state index in [1.165, 1.54) is 11.1 Å². The molecule has 1 aliphatic rings. The zero-order chi connectivity index (χ0) is 9.26. The SMILES string of the molecule is CC(C)Oc1ccc2c(c1)CNC2.Cl. The molecule has 1 heterocycles. The van der Waals surface area contributed by atoms with Gasteiger partial charge in [-0.25, -0.2) is 0 Å². The van der Waals surface area contributed by atoms with Gasteiger partial charge in [0.1, 0.15) is 5.75 Å². The number of hydrogen-bond acceptors (Lipinski definition) is 2. The van der Waals surface area contributed by atoms with Gasteiger partial charge in [0.2, 0.25) is 0 Å². The minimum absolute atomic E-state index is 0. The van der Waals surface area contributed by atoms with Crippen LogP contribution in [0.5, 0.6) is 5.75 Å². The first-order chi connectivity index (χ1) is 6.25. The molecule has 0 spiro atoms. The molecule has 14 heavy (non-hydrogen) atoms. The van der Waals surface area contributed by atoms with Crippen molar-refractivity contribution in [1.82, 2.24) is 5.32 Å². The monoisotopic (exact) mass is 213 g/mol. The van der Waals surface area contributed by atoms with Crippen LogP contribution in [-0.4, -0.2) is 6.10 Å². The molecule has 1 N–H and O–H groups in total. The molecule has 3 heteroatoms. The number of benzene rings is 1. The third kappa shape index (κ3) is 2.40. The molecule has 1 aliphatic heterocycles. The van der Waals surface area contributed by atoms with Crippen molar-refractivity contribution in [3.8, 4) is 5.75 Å². The molecule has 2 rings (SSSR count). The Morgan fingerprint density at radius 2 is 1.93 bits per heavy atom. The summed E-state index contributed by atoms with van der Waals surface area (Å²) in [6, 6.07) is 6.33. The van der Waals surface area contributed by atoms with Crippen molar-refractivity contribution in [2.75, 3.05) is 0 Å². The number of fused-ring (bicyclic) bond motifs is 1. The highest BCUT2D eigenvalue weighted by molar-refractivity contribution is 5.85. The second-order valence-corrected chi connectivity index (χ2v) is 3.70. The van der Waals surface area contributed by atoms with Crippen LogP contribution in [0.15, 0.2) is 18.2 Å². The van der Waals surface area contributed by atoms with E-state index < -0.39 is 0 Å². The third-order valence-electron chi connectivity index (χ3n) is 2.18. The number of nitrogens with one attached hydrogen (secondary N) is 1. The summed E-state index contributed by atoms with van der Waals surface area (Å²) in [7, 11) is 0. The first-order valence-electron chi connectivity index (χ1n) is 4.75. The number of hydrogen-bond donors (Lipinski definition) is 1. The van der Waals surface area contributed by atoms with Crippen LogP contribution in [0.1, 0.15) is 25.0 Å². The molecule has 0 amide bonds. The zero-order valence-corrected chi connectivity index (χ0v) is 9.36. The van der Waals surface area contributed by atoms with Gasteiger partial charge in [0.25, 0.3) is 0 Å². The van der Waals surface area contributed by atoms with Gasteiger partial charge in [-0.3, -0.25) is 0 Å². The maximum Gasteiger partial charge on any atom is 0.120 e. The molecule has 0 atom stereocenters. The second-order valence-electron chi connectivity index (χ2n) is 3.70. The fourth-order valence-electron chi connectivity index (χ4n) is 1.62. The molecule has 0 saturated carbocycles. The average Bonchev–Trinajstić information content (AvgIpc) is 2.49. The Morgan fingerprint density at radius 1 is 1.21 bits per heavy atom. The van der Waals surface area contributed by atoms with Gasteiger partial charge in [-0.1, -0.05) is 6.07 Å². The van der Waals surface area contributed by atoms with Gasteiger partial charge in [0.05, 0.1) is 6.10 Å². The Balaban J connectivity index is 0.000000980. The van der Waals surface area contributed by atoms with Crippen molar-refractivity contribution in [3.05, 3.63) is 29.3 Å². The predicted molar refractivity (Wildman–Crippen MR) is 60.0 cm³/mol. The van der Waals surface area contributed by atoms with Gasteiger partial charge in [0, 0.05) is 13.1 Å². The lowest BCUT2D eigenvalue weighted by atomic mass is 10.1. The predicted octanol–water partition coefficient (Wildman–Crippen LogP) is 2.50. The maximum atomic E-state index is 5.61. The van der Waals surface area contributed by atoms with E-state index in [4.69, 9.17) is 4.74 Å². The van der Waals surface area contributed by atoms with Gasteiger partial charge in [-0.05, 0) is 37.1 Å². The van der Waals surface area contributed by atoms with Crippen molar-refractivity contribution < 1.29 is 4.74 Å². The third-order valence-corrected chi connectivity index (χ3v) is 2.18. The first kappa shape index (κ1) is 11.3. The Hall–Kier alpha value is -0.730. The largest absolute Gasteiger partial charge is 0.491 e. The topological polar surface area (TPSA) is 21.3 Å². The average molecular weight is 214 g/mol. The summed E-state index contributed by atoms with van der Waals surface area (Å²) in [5.74, 6) is 0.984. The van der Waals surface area contributed by atoms with E-state index in [9.17, 15) is 0 Å². The van der Waals surface area contributed by atoms with Crippen molar-refractivity contribution >= 4 is 12.4 Å². The van der Waals surface area contributed by atoms with E-state index in [1.54, 1.807) is 0 Å². The van der Waals surface area contributed by atoms with Gasteiger partial charge in [0.15, 0.2) is 0 Å². The summed E-state index contributed by atoms with van der Waals surface area (Å²) in [6.45, 7) is 6.07. The van der Waals surface area contributed by atoms with Crippen LogP contribution in [-0.2, 0) is 13.1 Å². The van der Waals surface area contributed by atoms with Gasteiger partial charge >= 0.3 is 0 Å². The van der Waals surface area contributed by atoms with Crippen LogP contribution in [0, 0.1) is 0 Å². The van der Waals surface area contributed by atoms with Crippen LogP contribution < -0.4 is 10.1 Å². The summed E-state index contributed by atoms with van der Waals surface area (Å²) in [4.78, 5) is 0. The van der Waals surface area contributed by atoms with Crippen molar-refractivity contribution in [2.24, 2.45) is 0 Å². The molecule has 0 aromatic heterocycles. The van der Waals surface area contributed by atoms with E-state index in [1.807, 2.05) is 19.9 Å². The lowest BCUT2D eigenvalue weighted by Crippen LogP contribution is -2.05. The molecule has 0 saturated heterocycles. The molecule has 1 aromatic rings. The molecule has 0 bridgehead atoms. The van der Waals surface area contributed by atoms with Gasteiger partial charge in [-0.15, -0.1) is 12.4 Å². The quantitative estimate of drug-likeness (QED) is 0.815. The molecule has 0 aliphatic carbocycles. The normalized spacial score (nSPS) is 13.6. The number of halogens is 1. The van der Waals surface area contributed by atoms with E-state index in [-0.39, 0.29) is 18.5 Å². The Kier molecular flexibility index (Phi) is 3.78. The summed E-state index contributed by atoms with van der Waals surface area (Å²) in [5, 5.41) is 3.31.